The predicted octanol–water partition coefficient (Wildman–Crippen LogP) is 2.51. The SMILES string of the molecule is O=C1CCCC([Se]CCS(=O)(=O)c2ccccc2)C1. The molecular weight excluding hydrogens is 327 g/mol. The van der Waals surface area contributed by atoms with Gasteiger partial charge in [0, 0.05) is 0 Å². The first-order valence-corrected chi connectivity index (χ1v) is 10.3. The van der Waals surface area contributed by atoms with Gasteiger partial charge in [-0.05, 0) is 0 Å². The van der Waals surface area contributed by atoms with E-state index in [0.717, 1.165) is 19.3 Å². The topological polar surface area (TPSA) is 51.2 Å². The summed E-state index contributed by atoms with van der Waals surface area (Å²) in [5.41, 5.74) is 0. The van der Waals surface area contributed by atoms with Gasteiger partial charge in [0.05, 0.1) is 0 Å². The normalized spacial score (nSPS) is 20.4. The molecule has 1 saturated carbocycles. The molecule has 2 rings (SSSR count). The molecule has 1 atom stereocenters. The van der Waals surface area contributed by atoms with Crippen LogP contribution in [0.25, 0.3) is 0 Å². The van der Waals surface area contributed by atoms with Crippen LogP contribution in [0.15, 0.2) is 35.2 Å². The average molecular weight is 345 g/mol. The molecule has 1 aliphatic rings. The number of benzene rings is 1. The summed E-state index contributed by atoms with van der Waals surface area (Å²) in [6.45, 7) is 0. The van der Waals surface area contributed by atoms with Crippen LogP contribution in [0, 0.1) is 0 Å². The molecule has 1 aliphatic carbocycles. The molecule has 0 bridgehead atoms. The number of carbonyl (C=O) groups is 1. The van der Waals surface area contributed by atoms with Crippen molar-refractivity contribution in [2.45, 2.75) is 40.7 Å². The Hall–Kier alpha value is -0.641. The zero-order valence-electron chi connectivity index (χ0n) is 10.7. The number of sulfone groups is 1. The van der Waals surface area contributed by atoms with Crippen molar-refractivity contribution in [2.24, 2.45) is 0 Å². The van der Waals surface area contributed by atoms with Crippen LogP contribution < -0.4 is 0 Å². The molecule has 0 heterocycles. The van der Waals surface area contributed by atoms with Gasteiger partial charge in [-0.25, -0.2) is 0 Å². The van der Waals surface area contributed by atoms with Gasteiger partial charge >= 0.3 is 121 Å². The number of ketones is 1. The summed E-state index contributed by atoms with van der Waals surface area (Å²) in [4.78, 5) is 12.2. The third kappa shape index (κ3) is 4.44. The van der Waals surface area contributed by atoms with Gasteiger partial charge < -0.3 is 0 Å². The molecule has 1 aromatic rings. The van der Waals surface area contributed by atoms with E-state index in [4.69, 9.17) is 0 Å². The van der Waals surface area contributed by atoms with E-state index in [0.29, 0.717) is 27.2 Å². The summed E-state index contributed by atoms with van der Waals surface area (Å²) < 4.78 is 24.2. The van der Waals surface area contributed by atoms with Crippen LogP contribution in [0.3, 0.4) is 0 Å². The van der Waals surface area contributed by atoms with E-state index in [1.54, 1.807) is 24.3 Å². The van der Waals surface area contributed by atoms with E-state index < -0.39 is 9.84 Å². The third-order valence-electron chi connectivity index (χ3n) is 3.24. The van der Waals surface area contributed by atoms with E-state index in [9.17, 15) is 13.2 Å². The van der Waals surface area contributed by atoms with Gasteiger partial charge in [0.25, 0.3) is 0 Å². The van der Waals surface area contributed by atoms with Gasteiger partial charge in [0.15, 0.2) is 0 Å². The van der Waals surface area contributed by atoms with Crippen molar-refractivity contribution in [3.05, 3.63) is 30.3 Å². The minimum atomic E-state index is -3.14. The first-order valence-electron chi connectivity index (χ1n) is 6.49. The van der Waals surface area contributed by atoms with Gasteiger partial charge in [-0.1, -0.05) is 0 Å². The fraction of sp³-hybridized carbons (Fsp3) is 0.500. The molecule has 0 radical (unpaired) electrons. The summed E-state index contributed by atoms with van der Waals surface area (Å²) in [6.07, 6.45) is 3.47. The zero-order chi connectivity index (χ0) is 13.7. The second kappa shape index (κ2) is 6.69. The summed E-state index contributed by atoms with van der Waals surface area (Å²) in [6, 6.07) is 8.60. The van der Waals surface area contributed by atoms with E-state index >= 15 is 0 Å². The van der Waals surface area contributed by atoms with E-state index in [2.05, 4.69) is 0 Å². The molecule has 0 N–H and O–H groups in total. The van der Waals surface area contributed by atoms with Gasteiger partial charge in [-0.15, -0.1) is 0 Å². The van der Waals surface area contributed by atoms with Crippen LogP contribution in [-0.4, -0.2) is 34.9 Å². The van der Waals surface area contributed by atoms with E-state index in [1.165, 1.54) is 0 Å². The van der Waals surface area contributed by atoms with Crippen molar-refractivity contribution < 1.29 is 13.2 Å². The van der Waals surface area contributed by atoms with Gasteiger partial charge in [-0.2, -0.15) is 0 Å². The third-order valence-corrected chi connectivity index (χ3v) is 8.32. The van der Waals surface area contributed by atoms with Gasteiger partial charge in [0.2, 0.25) is 0 Å². The van der Waals surface area contributed by atoms with E-state index in [-0.39, 0.29) is 20.7 Å². The molecule has 0 aromatic heterocycles. The Morgan fingerprint density at radius 3 is 2.63 bits per heavy atom. The molecule has 19 heavy (non-hydrogen) atoms. The molecule has 0 amide bonds. The quantitative estimate of drug-likeness (QED) is 0.771. The summed E-state index contributed by atoms with van der Waals surface area (Å²) in [5.74, 6) is 0.561. The van der Waals surface area contributed by atoms with Crippen molar-refractivity contribution in [2.75, 3.05) is 5.75 Å². The molecule has 1 unspecified atom stereocenters. The Morgan fingerprint density at radius 1 is 1.21 bits per heavy atom. The second-order valence-electron chi connectivity index (χ2n) is 4.76. The maximum atomic E-state index is 12.1. The van der Waals surface area contributed by atoms with Crippen LogP contribution in [-0.2, 0) is 14.6 Å². The molecule has 1 aromatic carbocycles. The van der Waals surface area contributed by atoms with E-state index in [1.807, 2.05) is 6.07 Å². The number of Topliss-reactive ketones (excluding diaryl/α,β-unsaturated/α-hetero) is 1. The molecule has 0 saturated heterocycles. The summed E-state index contributed by atoms with van der Waals surface area (Å²) >= 11 is 0.262. The van der Waals surface area contributed by atoms with Crippen LogP contribution >= 0.6 is 0 Å². The van der Waals surface area contributed by atoms with Crippen molar-refractivity contribution in [3.8, 4) is 0 Å². The number of rotatable bonds is 5. The maximum absolute atomic E-state index is 12.1. The summed E-state index contributed by atoms with van der Waals surface area (Å²) in [5, 5.41) is 0.710. The fourth-order valence-electron chi connectivity index (χ4n) is 2.20. The number of hydrogen-bond acceptors (Lipinski definition) is 3. The monoisotopic (exact) mass is 346 g/mol. The molecule has 1 fully saturated rings. The van der Waals surface area contributed by atoms with Crippen molar-refractivity contribution in [3.63, 3.8) is 0 Å². The molecule has 0 spiro atoms. The molecule has 0 aliphatic heterocycles. The van der Waals surface area contributed by atoms with Crippen LogP contribution in [0.1, 0.15) is 25.7 Å². The Bertz CT molecular complexity index is 525. The Kier molecular flexibility index (Phi) is 5.20. The average Bonchev–Trinajstić information content (AvgIpc) is 2.40. The van der Waals surface area contributed by atoms with Crippen molar-refractivity contribution in [1.29, 1.82) is 0 Å². The standard InChI is InChI=1S/C14H18O3SSe/c15-12-5-4-8-14(11-12)19-10-9-18(16,17)13-6-2-1-3-7-13/h1-3,6-7,14H,4-5,8-11H2. The first-order chi connectivity index (χ1) is 9.08. The molecule has 3 nitrogen and oxygen atoms in total. The van der Waals surface area contributed by atoms with Crippen molar-refractivity contribution >= 4 is 30.6 Å². The zero-order valence-corrected chi connectivity index (χ0v) is 13.3. The first kappa shape index (κ1) is 14.8. The minimum absolute atomic E-state index is 0.210. The molecular formula is C14H18O3SSe. The summed E-state index contributed by atoms with van der Waals surface area (Å²) in [7, 11) is -3.14. The number of carbonyl (C=O) groups excluding carboxylic acids is 1. The van der Waals surface area contributed by atoms with Crippen LogP contribution in [0.4, 0.5) is 0 Å². The second-order valence-corrected chi connectivity index (χ2v) is 9.82. The predicted molar refractivity (Wildman–Crippen MR) is 76.3 cm³/mol. The fourth-order valence-corrected chi connectivity index (χ4v) is 7.34. The molecule has 5 heteroatoms. The molecule has 104 valence electrons. The van der Waals surface area contributed by atoms with Crippen LogP contribution in [0.5, 0.6) is 0 Å². The Balaban J connectivity index is 1.84. The Morgan fingerprint density at radius 2 is 1.95 bits per heavy atom. The van der Waals surface area contributed by atoms with Gasteiger partial charge in [-0.3, -0.25) is 0 Å². The van der Waals surface area contributed by atoms with Gasteiger partial charge in [0.1, 0.15) is 0 Å². The van der Waals surface area contributed by atoms with Crippen molar-refractivity contribution in [1.82, 2.24) is 0 Å². The van der Waals surface area contributed by atoms with Crippen LogP contribution in [0.2, 0.25) is 10.1 Å². The number of hydrogen-bond donors (Lipinski definition) is 0. The Labute approximate surface area is 120 Å².